The Balaban J connectivity index is 2.09. The lowest BCUT2D eigenvalue weighted by Crippen LogP contribution is -2.32. The fourth-order valence-electron chi connectivity index (χ4n) is 1.74. The topological polar surface area (TPSA) is 49.7 Å². The molecule has 2 aromatic carbocycles. The summed E-state index contributed by atoms with van der Waals surface area (Å²) in [4.78, 5) is 0. The minimum absolute atomic E-state index is 0.189. The van der Waals surface area contributed by atoms with Gasteiger partial charge in [-0.25, -0.2) is 4.39 Å². The number of benzene rings is 2. The Morgan fingerprint density at radius 2 is 1.95 bits per heavy atom. The highest BCUT2D eigenvalue weighted by Gasteiger charge is 2.16. The molecule has 0 saturated carbocycles. The van der Waals surface area contributed by atoms with Gasteiger partial charge in [-0.1, -0.05) is 29.8 Å². The minimum atomic E-state index is -1.84. The molecule has 104 valence electrons. The number of halogens is 2. The van der Waals surface area contributed by atoms with Crippen LogP contribution in [-0.4, -0.2) is 17.2 Å². The molecule has 0 saturated heterocycles. The number of aryl methyl sites for hydroxylation is 1. The van der Waals surface area contributed by atoms with E-state index in [1.54, 1.807) is 0 Å². The number of ether oxygens (including phenoxy) is 1. The lowest BCUT2D eigenvalue weighted by atomic mass is 9.80. The van der Waals surface area contributed by atoms with Crippen LogP contribution in [0.1, 0.15) is 11.1 Å². The van der Waals surface area contributed by atoms with Gasteiger partial charge in [-0.3, -0.25) is 0 Å². The van der Waals surface area contributed by atoms with Gasteiger partial charge < -0.3 is 14.8 Å². The summed E-state index contributed by atoms with van der Waals surface area (Å²) in [5.74, 6) is -0.434. The molecule has 0 unspecified atom stereocenters. The maximum atomic E-state index is 13.5. The molecule has 0 aliphatic rings. The third-order valence-electron chi connectivity index (χ3n) is 2.85. The first-order valence-electron chi connectivity index (χ1n) is 6.01. The number of hydrogen-bond acceptors (Lipinski definition) is 3. The summed E-state index contributed by atoms with van der Waals surface area (Å²) in [6.07, 6.45) is 0. The van der Waals surface area contributed by atoms with Crippen molar-refractivity contribution in [3.8, 4) is 5.75 Å². The standard InChI is InChI=1S/C14H13BClFO3/c1-9-2-3-10(13(16)6-9)8-20-11-4-5-12(15(18)19)14(17)7-11/h2-7,18-19H,8H2,1H3. The van der Waals surface area contributed by atoms with E-state index in [9.17, 15) is 4.39 Å². The summed E-state index contributed by atoms with van der Waals surface area (Å²) < 4.78 is 19.0. The Morgan fingerprint density at radius 1 is 1.20 bits per heavy atom. The van der Waals surface area contributed by atoms with Gasteiger partial charge in [0.15, 0.2) is 0 Å². The van der Waals surface area contributed by atoms with Gasteiger partial charge in [0.2, 0.25) is 0 Å². The first-order chi connectivity index (χ1) is 9.47. The zero-order valence-corrected chi connectivity index (χ0v) is 11.6. The van der Waals surface area contributed by atoms with Gasteiger partial charge >= 0.3 is 7.12 Å². The first-order valence-corrected chi connectivity index (χ1v) is 6.38. The lowest BCUT2D eigenvalue weighted by Gasteiger charge is -2.10. The molecule has 0 aliphatic carbocycles. The van der Waals surface area contributed by atoms with E-state index in [2.05, 4.69) is 0 Å². The fourth-order valence-corrected chi connectivity index (χ4v) is 2.03. The molecule has 0 aromatic heterocycles. The maximum Gasteiger partial charge on any atom is 0.491 e. The summed E-state index contributed by atoms with van der Waals surface area (Å²) >= 11 is 6.07. The Kier molecular flexibility index (Phi) is 4.65. The van der Waals surface area contributed by atoms with E-state index < -0.39 is 12.9 Å². The van der Waals surface area contributed by atoms with Gasteiger partial charge in [0.1, 0.15) is 18.2 Å². The van der Waals surface area contributed by atoms with Crippen molar-refractivity contribution in [2.45, 2.75) is 13.5 Å². The van der Waals surface area contributed by atoms with Crippen LogP contribution >= 0.6 is 11.6 Å². The zero-order valence-electron chi connectivity index (χ0n) is 10.8. The Bertz CT molecular complexity index is 619. The van der Waals surface area contributed by atoms with Crippen molar-refractivity contribution in [2.75, 3.05) is 0 Å². The predicted octanol–water partition coefficient (Wildman–Crippen LogP) is 2.05. The Morgan fingerprint density at radius 3 is 2.55 bits per heavy atom. The van der Waals surface area contributed by atoms with Crippen LogP contribution in [-0.2, 0) is 6.61 Å². The Labute approximate surface area is 121 Å². The van der Waals surface area contributed by atoms with E-state index in [0.29, 0.717) is 10.8 Å². The van der Waals surface area contributed by atoms with Crippen LogP contribution in [0.5, 0.6) is 5.75 Å². The van der Waals surface area contributed by atoms with Crippen LogP contribution in [0.4, 0.5) is 4.39 Å². The molecule has 0 bridgehead atoms. The van der Waals surface area contributed by atoms with Crippen molar-refractivity contribution < 1.29 is 19.2 Å². The molecule has 0 atom stereocenters. The first kappa shape index (κ1) is 14.8. The SMILES string of the molecule is Cc1ccc(COc2ccc(B(O)O)c(F)c2)c(Cl)c1. The second-order valence-electron chi connectivity index (χ2n) is 4.44. The number of rotatable bonds is 4. The van der Waals surface area contributed by atoms with Crippen molar-refractivity contribution in [2.24, 2.45) is 0 Å². The molecule has 2 aromatic rings. The van der Waals surface area contributed by atoms with E-state index in [1.165, 1.54) is 12.1 Å². The average molecular weight is 295 g/mol. The monoisotopic (exact) mass is 294 g/mol. The third-order valence-corrected chi connectivity index (χ3v) is 3.20. The van der Waals surface area contributed by atoms with Crippen LogP contribution in [0.15, 0.2) is 36.4 Å². The van der Waals surface area contributed by atoms with E-state index in [4.69, 9.17) is 26.4 Å². The summed E-state index contributed by atoms with van der Waals surface area (Å²) in [7, 11) is -1.84. The molecule has 0 aliphatic heterocycles. The molecule has 20 heavy (non-hydrogen) atoms. The predicted molar refractivity (Wildman–Crippen MR) is 76.7 cm³/mol. The molecular formula is C14H13BClFO3. The maximum absolute atomic E-state index is 13.5. The lowest BCUT2D eigenvalue weighted by molar-refractivity contribution is 0.304. The second kappa shape index (κ2) is 6.26. The van der Waals surface area contributed by atoms with Crippen molar-refractivity contribution in [1.29, 1.82) is 0 Å². The summed E-state index contributed by atoms with van der Waals surface area (Å²) in [5, 5.41) is 18.4. The molecular weight excluding hydrogens is 281 g/mol. The molecule has 2 N–H and O–H groups in total. The van der Waals surface area contributed by atoms with Crippen molar-refractivity contribution in [3.05, 3.63) is 58.4 Å². The molecule has 0 spiro atoms. The largest absolute Gasteiger partial charge is 0.491 e. The van der Waals surface area contributed by atoms with E-state index in [1.807, 2.05) is 25.1 Å². The fraction of sp³-hybridized carbons (Fsp3) is 0.143. The van der Waals surface area contributed by atoms with Crippen molar-refractivity contribution in [1.82, 2.24) is 0 Å². The van der Waals surface area contributed by atoms with Crippen LogP contribution in [0.2, 0.25) is 5.02 Å². The third kappa shape index (κ3) is 3.51. The summed E-state index contributed by atoms with van der Waals surface area (Å²) in [6, 6.07) is 9.44. The van der Waals surface area contributed by atoms with Crippen molar-refractivity contribution in [3.63, 3.8) is 0 Å². The quantitative estimate of drug-likeness (QED) is 0.849. The van der Waals surface area contributed by atoms with E-state index in [0.717, 1.165) is 17.2 Å². The highest BCUT2D eigenvalue weighted by Crippen LogP contribution is 2.20. The van der Waals surface area contributed by atoms with Gasteiger partial charge in [-0.2, -0.15) is 0 Å². The highest BCUT2D eigenvalue weighted by molar-refractivity contribution is 6.58. The van der Waals surface area contributed by atoms with Gasteiger partial charge in [0.05, 0.1) is 0 Å². The van der Waals surface area contributed by atoms with Crippen LogP contribution in [0.25, 0.3) is 0 Å². The molecule has 3 nitrogen and oxygen atoms in total. The highest BCUT2D eigenvalue weighted by atomic mass is 35.5. The Hall–Kier alpha value is -1.56. The van der Waals surface area contributed by atoms with Crippen LogP contribution < -0.4 is 10.2 Å². The summed E-state index contributed by atoms with van der Waals surface area (Å²) in [5.41, 5.74) is 1.65. The molecule has 0 amide bonds. The molecule has 0 fully saturated rings. The van der Waals surface area contributed by atoms with Gasteiger partial charge in [0, 0.05) is 22.1 Å². The molecule has 6 heteroatoms. The normalized spacial score (nSPS) is 10.4. The molecule has 2 rings (SSSR count). The van der Waals surface area contributed by atoms with Crippen LogP contribution in [0.3, 0.4) is 0 Å². The second-order valence-corrected chi connectivity index (χ2v) is 4.85. The van der Waals surface area contributed by atoms with Crippen LogP contribution in [0, 0.1) is 12.7 Å². The minimum Gasteiger partial charge on any atom is -0.489 e. The van der Waals surface area contributed by atoms with Gasteiger partial charge in [-0.05, 0) is 24.6 Å². The average Bonchev–Trinajstić information content (AvgIpc) is 2.37. The van der Waals surface area contributed by atoms with E-state index in [-0.39, 0.29) is 12.1 Å². The number of hydrogen-bond donors (Lipinski definition) is 2. The molecule has 0 heterocycles. The van der Waals surface area contributed by atoms with Gasteiger partial charge in [0.25, 0.3) is 0 Å². The van der Waals surface area contributed by atoms with Crippen molar-refractivity contribution >= 4 is 24.2 Å². The summed E-state index contributed by atoms with van der Waals surface area (Å²) in [6.45, 7) is 2.14. The zero-order chi connectivity index (χ0) is 14.7. The van der Waals surface area contributed by atoms with Gasteiger partial charge in [-0.15, -0.1) is 0 Å². The molecule has 0 radical (unpaired) electrons. The van der Waals surface area contributed by atoms with E-state index >= 15 is 0 Å². The smallest absolute Gasteiger partial charge is 0.489 e.